The van der Waals surface area contributed by atoms with Gasteiger partial charge in [0.2, 0.25) is 0 Å². The Kier molecular flexibility index (Phi) is 4.87. The van der Waals surface area contributed by atoms with E-state index in [0.717, 1.165) is 12.0 Å². The van der Waals surface area contributed by atoms with Crippen LogP contribution in [0.3, 0.4) is 0 Å². The van der Waals surface area contributed by atoms with Crippen molar-refractivity contribution in [1.82, 2.24) is 15.1 Å². The van der Waals surface area contributed by atoms with Crippen molar-refractivity contribution in [2.24, 2.45) is 16.7 Å². The number of hydrogen-bond acceptors (Lipinski definition) is 3. The standard InChI is InChI=1S/C19H37N3/c1-18(2)16-7-8-19(18,3)17(15-16)20-9-5-11-22-12-6-10-21(4)13-14-22/h16-17,20H,5-15H2,1-4H3/t16-,17-,19+/m1/s1. The fraction of sp³-hybridized carbons (Fsp3) is 1.00. The van der Waals surface area contributed by atoms with Crippen LogP contribution in [0, 0.1) is 16.7 Å². The van der Waals surface area contributed by atoms with E-state index in [1.165, 1.54) is 71.4 Å². The summed E-state index contributed by atoms with van der Waals surface area (Å²) in [5, 5.41) is 3.94. The van der Waals surface area contributed by atoms with Crippen molar-refractivity contribution in [3.05, 3.63) is 0 Å². The first-order chi connectivity index (χ1) is 10.4. The molecule has 0 radical (unpaired) electrons. The number of nitrogens with zero attached hydrogens (tertiary/aromatic N) is 2. The van der Waals surface area contributed by atoms with Crippen molar-refractivity contribution in [3.8, 4) is 0 Å². The lowest BCUT2D eigenvalue weighted by molar-refractivity contribution is 0.120. The van der Waals surface area contributed by atoms with E-state index >= 15 is 0 Å². The van der Waals surface area contributed by atoms with Gasteiger partial charge in [-0.3, -0.25) is 0 Å². The van der Waals surface area contributed by atoms with E-state index in [1.807, 2.05) is 0 Å². The molecular formula is C19H37N3. The Morgan fingerprint density at radius 1 is 1.09 bits per heavy atom. The summed E-state index contributed by atoms with van der Waals surface area (Å²) in [4.78, 5) is 5.13. The highest BCUT2D eigenvalue weighted by Gasteiger charge is 2.60. The summed E-state index contributed by atoms with van der Waals surface area (Å²) in [6.07, 6.45) is 6.95. The van der Waals surface area contributed by atoms with E-state index in [2.05, 4.69) is 42.9 Å². The first-order valence-electron chi connectivity index (χ1n) is 9.58. The molecule has 3 aliphatic rings. The molecule has 22 heavy (non-hydrogen) atoms. The molecule has 1 aliphatic heterocycles. The molecule has 3 heteroatoms. The Bertz CT molecular complexity index is 381. The lowest BCUT2D eigenvalue weighted by Crippen LogP contribution is -2.45. The SMILES string of the molecule is CN1CCCN(CCCN[C@@H]2C[C@H]3CC[C@]2(C)C3(C)C)CC1. The lowest BCUT2D eigenvalue weighted by atomic mass is 9.69. The zero-order chi connectivity index (χ0) is 15.8. The average Bonchev–Trinajstić information content (AvgIpc) is 2.70. The molecule has 1 heterocycles. The van der Waals surface area contributed by atoms with Crippen LogP contribution in [-0.2, 0) is 0 Å². The van der Waals surface area contributed by atoms with Crippen LogP contribution in [0.5, 0.6) is 0 Å². The smallest absolute Gasteiger partial charge is 0.0129 e. The van der Waals surface area contributed by atoms with Crippen molar-refractivity contribution in [3.63, 3.8) is 0 Å². The summed E-state index contributed by atoms with van der Waals surface area (Å²) < 4.78 is 0. The number of fused-ring (bicyclic) bond motifs is 2. The second-order valence-corrected chi connectivity index (χ2v) is 8.97. The van der Waals surface area contributed by atoms with Gasteiger partial charge in [-0.05, 0) is 82.1 Å². The molecule has 3 rings (SSSR count). The first kappa shape index (κ1) is 16.7. The summed E-state index contributed by atoms with van der Waals surface area (Å²) in [7, 11) is 2.25. The second-order valence-electron chi connectivity index (χ2n) is 8.97. The van der Waals surface area contributed by atoms with Crippen molar-refractivity contribution in [2.45, 2.75) is 58.9 Å². The summed E-state index contributed by atoms with van der Waals surface area (Å²) in [6, 6.07) is 0.761. The first-order valence-corrected chi connectivity index (χ1v) is 9.58. The molecule has 0 aromatic rings. The van der Waals surface area contributed by atoms with Gasteiger partial charge in [-0.2, -0.15) is 0 Å². The summed E-state index contributed by atoms with van der Waals surface area (Å²) in [6.45, 7) is 15.1. The van der Waals surface area contributed by atoms with Crippen LogP contribution in [0.25, 0.3) is 0 Å². The molecule has 0 amide bonds. The predicted octanol–water partition coefficient (Wildman–Crippen LogP) is 2.82. The van der Waals surface area contributed by atoms with Crippen molar-refractivity contribution < 1.29 is 0 Å². The van der Waals surface area contributed by atoms with Crippen LogP contribution < -0.4 is 5.32 Å². The van der Waals surface area contributed by atoms with Crippen LogP contribution in [-0.4, -0.2) is 62.2 Å². The lowest BCUT2D eigenvalue weighted by Gasteiger charge is -2.39. The highest BCUT2D eigenvalue weighted by molar-refractivity contribution is 5.12. The summed E-state index contributed by atoms with van der Waals surface area (Å²) in [5.41, 5.74) is 1.07. The van der Waals surface area contributed by atoms with E-state index in [1.54, 1.807) is 0 Å². The van der Waals surface area contributed by atoms with Crippen molar-refractivity contribution in [2.75, 3.05) is 46.3 Å². The molecule has 2 saturated carbocycles. The van der Waals surface area contributed by atoms with Gasteiger partial charge >= 0.3 is 0 Å². The molecule has 1 N–H and O–H groups in total. The second kappa shape index (κ2) is 6.41. The quantitative estimate of drug-likeness (QED) is 0.788. The highest BCUT2D eigenvalue weighted by Crippen LogP contribution is 2.65. The average molecular weight is 308 g/mol. The minimum atomic E-state index is 0.531. The van der Waals surface area contributed by atoms with Gasteiger partial charge in [-0.1, -0.05) is 20.8 Å². The number of likely N-dealkylation sites (N-methyl/N-ethyl adjacent to an activating group) is 1. The van der Waals surface area contributed by atoms with E-state index < -0.39 is 0 Å². The van der Waals surface area contributed by atoms with Crippen molar-refractivity contribution in [1.29, 1.82) is 0 Å². The third-order valence-electron chi connectivity index (χ3n) is 7.65. The zero-order valence-corrected chi connectivity index (χ0v) is 15.3. The molecular weight excluding hydrogens is 270 g/mol. The van der Waals surface area contributed by atoms with Gasteiger partial charge in [0.25, 0.3) is 0 Å². The van der Waals surface area contributed by atoms with Gasteiger partial charge in [0, 0.05) is 19.1 Å². The van der Waals surface area contributed by atoms with Gasteiger partial charge in [-0.25, -0.2) is 0 Å². The Morgan fingerprint density at radius 2 is 1.91 bits per heavy atom. The van der Waals surface area contributed by atoms with E-state index in [4.69, 9.17) is 0 Å². The molecule has 0 unspecified atom stereocenters. The molecule has 3 nitrogen and oxygen atoms in total. The largest absolute Gasteiger partial charge is 0.313 e. The number of rotatable bonds is 5. The van der Waals surface area contributed by atoms with Crippen LogP contribution in [0.15, 0.2) is 0 Å². The van der Waals surface area contributed by atoms with Gasteiger partial charge in [-0.15, -0.1) is 0 Å². The zero-order valence-electron chi connectivity index (χ0n) is 15.3. The fourth-order valence-electron chi connectivity index (χ4n) is 5.41. The third kappa shape index (κ3) is 2.97. The van der Waals surface area contributed by atoms with Crippen LogP contribution in [0.1, 0.15) is 52.9 Å². The highest BCUT2D eigenvalue weighted by atomic mass is 15.2. The van der Waals surface area contributed by atoms with Crippen LogP contribution in [0.4, 0.5) is 0 Å². The predicted molar refractivity (Wildman–Crippen MR) is 94.2 cm³/mol. The maximum Gasteiger partial charge on any atom is 0.0129 e. The topological polar surface area (TPSA) is 18.5 Å². The minimum absolute atomic E-state index is 0.531. The van der Waals surface area contributed by atoms with Crippen molar-refractivity contribution >= 4 is 0 Å². The Labute approximate surface area is 137 Å². The fourth-order valence-corrected chi connectivity index (χ4v) is 5.41. The molecule has 0 aromatic carbocycles. The van der Waals surface area contributed by atoms with E-state index in [9.17, 15) is 0 Å². The molecule has 3 fully saturated rings. The minimum Gasteiger partial charge on any atom is -0.313 e. The van der Waals surface area contributed by atoms with E-state index in [0.29, 0.717) is 10.8 Å². The van der Waals surface area contributed by atoms with Gasteiger partial charge in [0.05, 0.1) is 0 Å². The molecule has 1 saturated heterocycles. The van der Waals surface area contributed by atoms with E-state index in [-0.39, 0.29) is 0 Å². The molecule has 128 valence electrons. The molecule has 2 bridgehead atoms. The maximum atomic E-state index is 3.94. The molecule has 0 aromatic heterocycles. The monoisotopic (exact) mass is 307 g/mol. The van der Waals surface area contributed by atoms with Gasteiger partial charge in [0.15, 0.2) is 0 Å². The molecule has 2 aliphatic carbocycles. The molecule has 0 spiro atoms. The normalized spacial score (nSPS) is 39.3. The van der Waals surface area contributed by atoms with Crippen LogP contribution >= 0.6 is 0 Å². The van der Waals surface area contributed by atoms with Crippen LogP contribution in [0.2, 0.25) is 0 Å². The number of hydrogen-bond donors (Lipinski definition) is 1. The summed E-state index contributed by atoms with van der Waals surface area (Å²) >= 11 is 0. The van der Waals surface area contributed by atoms with Gasteiger partial charge in [0.1, 0.15) is 0 Å². The number of nitrogens with one attached hydrogen (secondary N) is 1. The van der Waals surface area contributed by atoms with Gasteiger partial charge < -0.3 is 15.1 Å². The Morgan fingerprint density at radius 3 is 2.59 bits per heavy atom. The summed E-state index contributed by atoms with van der Waals surface area (Å²) in [5.74, 6) is 0.955. The maximum absolute atomic E-state index is 3.94. The Balaban J connectivity index is 1.39. The molecule has 3 atom stereocenters. The Hall–Kier alpha value is -0.120. The third-order valence-corrected chi connectivity index (χ3v) is 7.65.